The van der Waals surface area contributed by atoms with E-state index >= 15 is 0 Å². The van der Waals surface area contributed by atoms with Crippen LogP contribution in [0.4, 0.5) is 5.82 Å². The number of rotatable bonds is 3. The van der Waals surface area contributed by atoms with E-state index in [1.165, 1.54) is 19.3 Å². The Kier molecular flexibility index (Phi) is 4.31. The van der Waals surface area contributed by atoms with Crippen molar-refractivity contribution in [2.75, 3.05) is 25.0 Å². The van der Waals surface area contributed by atoms with Crippen molar-refractivity contribution in [1.29, 1.82) is 0 Å². The predicted molar refractivity (Wildman–Crippen MR) is 70.0 cm³/mol. The molecule has 1 aromatic heterocycles. The van der Waals surface area contributed by atoms with Crippen LogP contribution < -0.4 is 10.2 Å². The van der Waals surface area contributed by atoms with Crippen molar-refractivity contribution >= 4 is 5.82 Å². The Morgan fingerprint density at radius 2 is 2.18 bits per heavy atom. The molecule has 1 aliphatic rings. The van der Waals surface area contributed by atoms with Crippen LogP contribution in [0.15, 0.2) is 12.1 Å². The summed E-state index contributed by atoms with van der Waals surface area (Å²) in [5.41, 5.74) is 0.999. The number of anilines is 1. The molecule has 0 aliphatic carbocycles. The fourth-order valence-electron chi connectivity index (χ4n) is 2.29. The molecule has 4 nitrogen and oxygen atoms in total. The molecular weight excluding hydrogens is 212 g/mol. The number of hydrogen-bond donors (Lipinski definition) is 1. The van der Waals surface area contributed by atoms with Gasteiger partial charge in [-0.2, -0.15) is 5.10 Å². The van der Waals surface area contributed by atoms with E-state index in [0.717, 1.165) is 37.1 Å². The summed E-state index contributed by atoms with van der Waals surface area (Å²) in [4.78, 5) is 2.36. The quantitative estimate of drug-likeness (QED) is 0.866. The molecule has 0 bridgehead atoms. The average molecular weight is 234 g/mol. The summed E-state index contributed by atoms with van der Waals surface area (Å²) in [6.45, 7) is 5.35. The fourth-order valence-corrected chi connectivity index (χ4v) is 2.29. The first-order chi connectivity index (χ1) is 8.29. The second kappa shape index (κ2) is 5.96. The van der Waals surface area contributed by atoms with Gasteiger partial charge >= 0.3 is 0 Å². The maximum Gasteiger partial charge on any atom is 0.151 e. The zero-order chi connectivity index (χ0) is 12.1. The molecule has 1 atom stereocenters. The topological polar surface area (TPSA) is 41.0 Å². The second-order valence-corrected chi connectivity index (χ2v) is 4.94. The normalized spacial score (nSPS) is 21.3. The first-order valence-corrected chi connectivity index (χ1v) is 6.51. The minimum Gasteiger partial charge on any atom is -0.355 e. The SMILES string of the molecule is CNCc1ccc(N2CCCC(C)CC2)nn1. The largest absolute Gasteiger partial charge is 0.355 e. The van der Waals surface area contributed by atoms with Crippen LogP contribution in [0.1, 0.15) is 31.9 Å². The van der Waals surface area contributed by atoms with Gasteiger partial charge in [0.15, 0.2) is 5.82 Å². The molecule has 1 fully saturated rings. The van der Waals surface area contributed by atoms with Gasteiger partial charge in [-0.1, -0.05) is 6.92 Å². The summed E-state index contributed by atoms with van der Waals surface area (Å²) in [5, 5.41) is 11.6. The summed E-state index contributed by atoms with van der Waals surface area (Å²) < 4.78 is 0. The van der Waals surface area contributed by atoms with E-state index in [1.54, 1.807) is 0 Å². The lowest BCUT2D eigenvalue weighted by Gasteiger charge is -2.20. The van der Waals surface area contributed by atoms with Gasteiger partial charge in [-0.25, -0.2) is 0 Å². The Morgan fingerprint density at radius 1 is 1.29 bits per heavy atom. The maximum atomic E-state index is 4.32. The van der Waals surface area contributed by atoms with Crippen molar-refractivity contribution in [2.24, 2.45) is 5.92 Å². The summed E-state index contributed by atoms with van der Waals surface area (Å²) in [5.74, 6) is 1.87. The van der Waals surface area contributed by atoms with Gasteiger partial charge in [0.1, 0.15) is 0 Å². The molecule has 0 radical (unpaired) electrons. The lowest BCUT2D eigenvalue weighted by molar-refractivity contribution is 0.521. The van der Waals surface area contributed by atoms with Crippen LogP contribution in [-0.4, -0.2) is 30.3 Å². The summed E-state index contributed by atoms with van der Waals surface area (Å²) in [6, 6.07) is 4.16. The van der Waals surface area contributed by atoms with Crippen LogP contribution in [0.5, 0.6) is 0 Å². The van der Waals surface area contributed by atoms with Gasteiger partial charge in [0.2, 0.25) is 0 Å². The van der Waals surface area contributed by atoms with Gasteiger partial charge < -0.3 is 10.2 Å². The van der Waals surface area contributed by atoms with E-state index in [9.17, 15) is 0 Å². The van der Waals surface area contributed by atoms with Gasteiger partial charge in [0.05, 0.1) is 5.69 Å². The van der Waals surface area contributed by atoms with Crippen LogP contribution in [0.2, 0.25) is 0 Å². The van der Waals surface area contributed by atoms with Crippen molar-refractivity contribution in [3.63, 3.8) is 0 Å². The van der Waals surface area contributed by atoms with E-state index in [0.29, 0.717) is 0 Å². The highest BCUT2D eigenvalue weighted by Crippen LogP contribution is 2.20. The van der Waals surface area contributed by atoms with Crippen LogP contribution in [-0.2, 0) is 6.54 Å². The molecule has 1 saturated heterocycles. The van der Waals surface area contributed by atoms with E-state index in [-0.39, 0.29) is 0 Å². The molecule has 1 aliphatic heterocycles. The molecule has 1 N–H and O–H groups in total. The van der Waals surface area contributed by atoms with Crippen molar-refractivity contribution in [2.45, 2.75) is 32.7 Å². The zero-order valence-corrected chi connectivity index (χ0v) is 10.8. The molecular formula is C13H22N4. The minimum atomic E-state index is 0.782. The highest BCUT2D eigenvalue weighted by atomic mass is 15.3. The van der Waals surface area contributed by atoms with E-state index in [4.69, 9.17) is 0 Å². The molecule has 1 unspecified atom stereocenters. The molecule has 0 saturated carbocycles. The standard InChI is InChI=1S/C13H22N4/c1-11-4-3-8-17(9-7-11)13-6-5-12(10-14-2)15-16-13/h5-6,11,14H,3-4,7-10H2,1-2H3. The maximum absolute atomic E-state index is 4.32. The van der Waals surface area contributed by atoms with Gasteiger partial charge in [-0.05, 0) is 44.4 Å². The number of hydrogen-bond acceptors (Lipinski definition) is 4. The highest BCUT2D eigenvalue weighted by molar-refractivity contribution is 5.37. The fraction of sp³-hybridized carbons (Fsp3) is 0.692. The average Bonchev–Trinajstić information content (AvgIpc) is 2.56. The van der Waals surface area contributed by atoms with Crippen LogP contribution >= 0.6 is 0 Å². The lowest BCUT2D eigenvalue weighted by Crippen LogP contribution is -2.25. The molecule has 0 spiro atoms. The van der Waals surface area contributed by atoms with Crippen LogP contribution in [0.3, 0.4) is 0 Å². The first-order valence-electron chi connectivity index (χ1n) is 6.51. The molecule has 4 heteroatoms. The Bertz CT molecular complexity index is 336. The van der Waals surface area contributed by atoms with Crippen molar-refractivity contribution in [3.05, 3.63) is 17.8 Å². The molecule has 94 valence electrons. The van der Waals surface area contributed by atoms with E-state index < -0.39 is 0 Å². The lowest BCUT2D eigenvalue weighted by atomic mass is 10.0. The zero-order valence-electron chi connectivity index (χ0n) is 10.8. The highest BCUT2D eigenvalue weighted by Gasteiger charge is 2.15. The number of nitrogens with zero attached hydrogens (tertiary/aromatic N) is 3. The van der Waals surface area contributed by atoms with Crippen molar-refractivity contribution < 1.29 is 0 Å². The third kappa shape index (κ3) is 3.40. The first kappa shape index (κ1) is 12.3. The van der Waals surface area contributed by atoms with E-state index in [2.05, 4.69) is 39.5 Å². The van der Waals surface area contributed by atoms with Gasteiger partial charge in [0, 0.05) is 19.6 Å². The Morgan fingerprint density at radius 3 is 2.88 bits per heavy atom. The summed E-state index contributed by atoms with van der Waals surface area (Å²) >= 11 is 0. The molecule has 2 rings (SSSR count). The summed E-state index contributed by atoms with van der Waals surface area (Å²) in [7, 11) is 1.92. The molecule has 0 aromatic carbocycles. The van der Waals surface area contributed by atoms with Crippen molar-refractivity contribution in [1.82, 2.24) is 15.5 Å². The Hall–Kier alpha value is -1.16. The van der Waals surface area contributed by atoms with E-state index in [1.807, 2.05) is 7.05 Å². The monoisotopic (exact) mass is 234 g/mol. The smallest absolute Gasteiger partial charge is 0.151 e. The van der Waals surface area contributed by atoms with Gasteiger partial charge in [-0.3, -0.25) is 0 Å². The van der Waals surface area contributed by atoms with Crippen molar-refractivity contribution in [3.8, 4) is 0 Å². The van der Waals surface area contributed by atoms with Crippen LogP contribution in [0, 0.1) is 5.92 Å². The number of aromatic nitrogens is 2. The Labute approximate surface area is 103 Å². The third-order valence-electron chi connectivity index (χ3n) is 3.40. The molecule has 17 heavy (non-hydrogen) atoms. The number of nitrogens with one attached hydrogen (secondary N) is 1. The van der Waals surface area contributed by atoms with Gasteiger partial charge in [-0.15, -0.1) is 5.10 Å². The molecule has 2 heterocycles. The summed E-state index contributed by atoms with van der Waals surface area (Å²) in [6.07, 6.45) is 3.86. The Balaban J connectivity index is 2.00. The second-order valence-electron chi connectivity index (χ2n) is 4.94. The van der Waals surface area contributed by atoms with Crippen LogP contribution in [0.25, 0.3) is 0 Å². The predicted octanol–water partition coefficient (Wildman–Crippen LogP) is 1.82. The minimum absolute atomic E-state index is 0.782. The molecule has 0 amide bonds. The third-order valence-corrected chi connectivity index (χ3v) is 3.40. The molecule has 1 aromatic rings. The van der Waals surface area contributed by atoms with Gasteiger partial charge in [0.25, 0.3) is 0 Å².